The maximum Gasteiger partial charge on any atom is 0.321 e. The van der Waals surface area contributed by atoms with Crippen LogP contribution in [0.25, 0.3) is 0 Å². The quantitative estimate of drug-likeness (QED) is 0.925. The molecule has 0 aliphatic carbocycles. The Balaban J connectivity index is 1.59. The first-order valence-corrected chi connectivity index (χ1v) is 7.72. The van der Waals surface area contributed by atoms with Crippen LogP contribution in [0, 0.1) is 12.7 Å². The van der Waals surface area contributed by atoms with Gasteiger partial charge in [0, 0.05) is 13.1 Å². The molecule has 1 aliphatic rings. The fourth-order valence-electron chi connectivity index (χ4n) is 3.06. The number of benzene rings is 1. The van der Waals surface area contributed by atoms with Crippen LogP contribution in [0.15, 0.2) is 36.7 Å². The molecule has 2 aromatic rings. The third kappa shape index (κ3) is 3.64. The second kappa shape index (κ2) is 6.73. The minimum atomic E-state index is -0.200. The minimum Gasteiger partial charge on any atom is -0.324 e. The predicted molar refractivity (Wildman–Crippen MR) is 85.7 cm³/mol. The van der Waals surface area contributed by atoms with Crippen molar-refractivity contribution in [1.82, 2.24) is 15.1 Å². The SMILES string of the molecule is Cc1cc(F)ccc1C1CCN(C(=O)Nc2ccnnc2)CC1. The Kier molecular flexibility index (Phi) is 4.50. The second-order valence-corrected chi connectivity index (χ2v) is 5.82. The molecule has 6 heteroatoms. The summed E-state index contributed by atoms with van der Waals surface area (Å²) in [5.74, 6) is 0.177. The van der Waals surface area contributed by atoms with Gasteiger partial charge in [0.15, 0.2) is 0 Å². The van der Waals surface area contributed by atoms with Crippen LogP contribution in [0.5, 0.6) is 0 Å². The van der Waals surface area contributed by atoms with Crippen molar-refractivity contribution in [2.45, 2.75) is 25.7 Å². The number of carbonyl (C=O) groups is 1. The van der Waals surface area contributed by atoms with Gasteiger partial charge in [-0.1, -0.05) is 6.07 Å². The molecule has 3 rings (SSSR count). The normalized spacial score (nSPS) is 15.5. The molecule has 1 fully saturated rings. The highest BCUT2D eigenvalue weighted by atomic mass is 19.1. The van der Waals surface area contributed by atoms with E-state index in [1.165, 1.54) is 17.8 Å². The van der Waals surface area contributed by atoms with E-state index < -0.39 is 0 Å². The summed E-state index contributed by atoms with van der Waals surface area (Å²) >= 11 is 0. The number of carbonyl (C=O) groups excluding carboxylic acids is 1. The van der Waals surface area contributed by atoms with E-state index in [1.807, 2.05) is 13.0 Å². The van der Waals surface area contributed by atoms with Crippen molar-refractivity contribution in [1.29, 1.82) is 0 Å². The molecule has 1 aromatic carbocycles. The van der Waals surface area contributed by atoms with E-state index in [4.69, 9.17) is 0 Å². The van der Waals surface area contributed by atoms with Crippen LogP contribution in [0.4, 0.5) is 14.9 Å². The summed E-state index contributed by atoms with van der Waals surface area (Å²) in [5, 5.41) is 10.2. The lowest BCUT2D eigenvalue weighted by Gasteiger charge is -2.32. The monoisotopic (exact) mass is 314 g/mol. The zero-order chi connectivity index (χ0) is 16.2. The minimum absolute atomic E-state index is 0.118. The molecular weight excluding hydrogens is 295 g/mol. The van der Waals surface area contributed by atoms with Gasteiger partial charge in [-0.3, -0.25) is 0 Å². The summed E-state index contributed by atoms with van der Waals surface area (Å²) in [6.45, 7) is 3.31. The van der Waals surface area contributed by atoms with Gasteiger partial charge in [-0.2, -0.15) is 10.2 Å². The fourth-order valence-corrected chi connectivity index (χ4v) is 3.06. The number of hydrogen-bond acceptors (Lipinski definition) is 3. The van der Waals surface area contributed by atoms with Crippen molar-refractivity contribution >= 4 is 11.7 Å². The molecule has 0 spiro atoms. The van der Waals surface area contributed by atoms with Gasteiger partial charge >= 0.3 is 6.03 Å². The number of urea groups is 1. The van der Waals surface area contributed by atoms with Crippen LogP contribution in [-0.2, 0) is 0 Å². The molecule has 2 heterocycles. The summed E-state index contributed by atoms with van der Waals surface area (Å²) in [6, 6.07) is 6.54. The lowest BCUT2D eigenvalue weighted by Crippen LogP contribution is -2.40. The number of rotatable bonds is 2. The number of aryl methyl sites for hydroxylation is 1. The molecule has 0 saturated carbocycles. The molecule has 23 heavy (non-hydrogen) atoms. The van der Waals surface area contributed by atoms with Crippen LogP contribution in [0.1, 0.15) is 29.9 Å². The van der Waals surface area contributed by atoms with Crippen molar-refractivity contribution in [2.75, 3.05) is 18.4 Å². The third-order valence-electron chi connectivity index (χ3n) is 4.29. The smallest absolute Gasteiger partial charge is 0.321 e. The van der Waals surface area contributed by atoms with Crippen LogP contribution >= 0.6 is 0 Å². The molecule has 5 nitrogen and oxygen atoms in total. The summed E-state index contributed by atoms with van der Waals surface area (Å²) in [7, 11) is 0. The lowest BCUT2D eigenvalue weighted by atomic mass is 9.87. The molecule has 0 bridgehead atoms. The number of hydrogen-bond donors (Lipinski definition) is 1. The summed E-state index contributed by atoms with van der Waals surface area (Å²) in [4.78, 5) is 14.0. The van der Waals surface area contributed by atoms with E-state index in [-0.39, 0.29) is 11.8 Å². The van der Waals surface area contributed by atoms with Gasteiger partial charge in [0.05, 0.1) is 18.1 Å². The number of halogens is 1. The van der Waals surface area contributed by atoms with E-state index in [9.17, 15) is 9.18 Å². The number of anilines is 1. The topological polar surface area (TPSA) is 58.1 Å². The van der Waals surface area contributed by atoms with Crippen molar-refractivity contribution in [3.63, 3.8) is 0 Å². The maximum atomic E-state index is 13.2. The van der Waals surface area contributed by atoms with E-state index in [0.717, 1.165) is 18.4 Å². The molecule has 120 valence electrons. The zero-order valence-electron chi connectivity index (χ0n) is 13.0. The number of nitrogens with zero attached hydrogens (tertiary/aromatic N) is 3. The Morgan fingerprint density at radius 3 is 2.70 bits per heavy atom. The van der Waals surface area contributed by atoms with Gasteiger partial charge in [-0.25, -0.2) is 9.18 Å². The molecule has 2 amide bonds. The van der Waals surface area contributed by atoms with E-state index in [2.05, 4.69) is 15.5 Å². The van der Waals surface area contributed by atoms with Gasteiger partial charge in [-0.05, 0) is 55.0 Å². The number of likely N-dealkylation sites (tertiary alicyclic amines) is 1. The first kappa shape index (κ1) is 15.4. The standard InChI is InChI=1S/C17H19FN4O/c1-12-10-14(18)2-3-16(12)13-5-8-22(9-6-13)17(23)21-15-4-7-19-20-11-15/h2-4,7,10-11,13H,5-6,8-9H2,1H3,(H,19,21,23). The molecule has 1 aromatic heterocycles. The highest BCUT2D eigenvalue weighted by Gasteiger charge is 2.24. The first-order valence-electron chi connectivity index (χ1n) is 7.72. The Labute approximate surface area is 134 Å². The fraction of sp³-hybridized carbons (Fsp3) is 0.353. The van der Waals surface area contributed by atoms with Crippen LogP contribution in [0.2, 0.25) is 0 Å². The molecule has 0 radical (unpaired) electrons. The van der Waals surface area contributed by atoms with E-state index >= 15 is 0 Å². The Morgan fingerprint density at radius 1 is 1.26 bits per heavy atom. The summed E-state index contributed by atoms with van der Waals surface area (Å²) in [6.07, 6.45) is 4.83. The zero-order valence-corrected chi connectivity index (χ0v) is 13.0. The van der Waals surface area contributed by atoms with Gasteiger partial charge in [0.25, 0.3) is 0 Å². The lowest BCUT2D eigenvalue weighted by molar-refractivity contribution is 0.194. The molecule has 1 N–H and O–H groups in total. The van der Waals surface area contributed by atoms with Crippen molar-refractivity contribution in [3.05, 3.63) is 53.6 Å². The van der Waals surface area contributed by atoms with Crippen molar-refractivity contribution in [2.24, 2.45) is 0 Å². The Hall–Kier alpha value is -2.50. The van der Waals surface area contributed by atoms with Gasteiger partial charge in [0.2, 0.25) is 0 Å². The van der Waals surface area contributed by atoms with E-state index in [1.54, 1.807) is 23.2 Å². The molecular formula is C17H19FN4O. The average molecular weight is 314 g/mol. The third-order valence-corrected chi connectivity index (χ3v) is 4.29. The van der Waals surface area contributed by atoms with E-state index in [0.29, 0.717) is 24.7 Å². The number of aromatic nitrogens is 2. The Bertz CT molecular complexity index is 684. The maximum absolute atomic E-state index is 13.2. The number of piperidine rings is 1. The van der Waals surface area contributed by atoms with Crippen molar-refractivity contribution in [3.8, 4) is 0 Å². The first-order chi connectivity index (χ1) is 11.1. The van der Waals surface area contributed by atoms with Crippen LogP contribution in [0.3, 0.4) is 0 Å². The molecule has 0 unspecified atom stereocenters. The largest absolute Gasteiger partial charge is 0.324 e. The Morgan fingerprint density at radius 2 is 2.04 bits per heavy atom. The van der Waals surface area contributed by atoms with Crippen LogP contribution < -0.4 is 5.32 Å². The van der Waals surface area contributed by atoms with Gasteiger partial charge in [0.1, 0.15) is 5.82 Å². The predicted octanol–water partition coefficient (Wildman–Crippen LogP) is 3.34. The summed E-state index contributed by atoms with van der Waals surface area (Å²) < 4.78 is 13.2. The van der Waals surface area contributed by atoms with Crippen LogP contribution in [-0.4, -0.2) is 34.2 Å². The molecule has 0 atom stereocenters. The highest BCUT2D eigenvalue weighted by molar-refractivity contribution is 5.89. The summed E-state index contributed by atoms with van der Waals surface area (Å²) in [5.41, 5.74) is 2.81. The number of nitrogens with one attached hydrogen (secondary N) is 1. The molecule has 1 saturated heterocycles. The van der Waals surface area contributed by atoms with Gasteiger partial charge < -0.3 is 10.2 Å². The van der Waals surface area contributed by atoms with Crippen molar-refractivity contribution < 1.29 is 9.18 Å². The van der Waals surface area contributed by atoms with Gasteiger partial charge in [-0.15, -0.1) is 0 Å². The molecule has 1 aliphatic heterocycles. The average Bonchev–Trinajstić information content (AvgIpc) is 2.56. The number of amides is 2. The highest BCUT2D eigenvalue weighted by Crippen LogP contribution is 2.30. The second-order valence-electron chi connectivity index (χ2n) is 5.82.